The van der Waals surface area contributed by atoms with Crippen molar-refractivity contribution in [1.29, 1.82) is 0 Å². The third-order valence-corrected chi connectivity index (χ3v) is 5.35. The van der Waals surface area contributed by atoms with Crippen LogP contribution in [0.15, 0.2) is 30.3 Å². The van der Waals surface area contributed by atoms with Crippen molar-refractivity contribution < 1.29 is 14.3 Å². The summed E-state index contributed by atoms with van der Waals surface area (Å²) in [6.45, 7) is 2.07. The van der Waals surface area contributed by atoms with Gasteiger partial charge in [-0.2, -0.15) is 0 Å². The van der Waals surface area contributed by atoms with Gasteiger partial charge < -0.3 is 10.5 Å². The number of aryl methyl sites for hydroxylation is 1. The molecule has 0 atom stereocenters. The number of rotatable bonds is 4. The van der Waals surface area contributed by atoms with E-state index in [1.165, 1.54) is 16.2 Å². The number of fused-ring (bicyclic) bond motifs is 1. The predicted molar refractivity (Wildman–Crippen MR) is 95.1 cm³/mol. The summed E-state index contributed by atoms with van der Waals surface area (Å²) in [4.78, 5) is 27.3. The van der Waals surface area contributed by atoms with Crippen molar-refractivity contribution in [2.24, 2.45) is 5.73 Å². The fraction of sp³-hybridized carbons (Fsp3) is 0.333. The van der Waals surface area contributed by atoms with Gasteiger partial charge in [-0.3, -0.25) is 4.90 Å². The number of carbonyl (C=O) groups is 2. The molecule has 5 nitrogen and oxygen atoms in total. The van der Waals surface area contributed by atoms with Crippen molar-refractivity contribution in [3.63, 3.8) is 0 Å². The van der Waals surface area contributed by atoms with Crippen molar-refractivity contribution in [3.05, 3.63) is 46.3 Å². The summed E-state index contributed by atoms with van der Waals surface area (Å²) in [5, 5.41) is 0.569. The highest BCUT2D eigenvalue weighted by Gasteiger charge is 2.31. The molecule has 126 valence electrons. The second-order valence-corrected chi connectivity index (χ2v) is 6.70. The Kier molecular flexibility index (Phi) is 4.85. The Bertz CT molecular complexity index is 755. The summed E-state index contributed by atoms with van der Waals surface area (Å²) in [6, 6.07) is 8.54. The molecule has 1 aliphatic rings. The number of hydrogen-bond acceptors (Lipinski definition) is 4. The van der Waals surface area contributed by atoms with Crippen LogP contribution in [0.2, 0.25) is 0 Å². The summed E-state index contributed by atoms with van der Waals surface area (Å²) in [7, 11) is 0. The highest BCUT2D eigenvalue weighted by atomic mass is 32.1. The van der Waals surface area contributed by atoms with Crippen molar-refractivity contribution in [2.45, 2.75) is 32.6 Å². The summed E-state index contributed by atoms with van der Waals surface area (Å²) in [5.74, 6) is -0.380. The lowest BCUT2D eigenvalue weighted by molar-refractivity contribution is 0.0526. The number of thiophene rings is 1. The molecule has 24 heavy (non-hydrogen) atoms. The minimum atomic E-state index is -0.606. The number of primary amides is 1. The molecule has 6 heteroatoms. The summed E-state index contributed by atoms with van der Waals surface area (Å²) >= 11 is 1.47. The molecule has 0 radical (unpaired) electrons. The zero-order chi connectivity index (χ0) is 17.1. The van der Waals surface area contributed by atoms with Gasteiger partial charge in [0.25, 0.3) is 0 Å². The van der Waals surface area contributed by atoms with Crippen LogP contribution < -0.4 is 10.6 Å². The number of esters is 1. The molecule has 1 aromatic carbocycles. The van der Waals surface area contributed by atoms with Crippen molar-refractivity contribution >= 4 is 34.0 Å². The molecule has 0 aliphatic heterocycles. The number of urea groups is 1. The summed E-state index contributed by atoms with van der Waals surface area (Å²) in [5.41, 5.74) is 7.81. The van der Waals surface area contributed by atoms with Crippen LogP contribution in [0, 0.1) is 0 Å². The topological polar surface area (TPSA) is 72.6 Å². The maximum Gasteiger partial charge on any atom is 0.341 e. The van der Waals surface area contributed by atoms with Crippen LogP contribution in [0.25, 0.3) is 0 Å². The quantitative estimate of drug-likeness (QED) is 0.851. The summed E-state index contributed by atoms with van der Waals surface area (Å²) in [6.07, 6.45) is 3.89. The van der Waals surface area contributed by atoms with Gasteiger partial charge in [-0.15, -0.1) is 11.3 Å². The van der Waals surface area contributed by atoms with E-state index in [9.17, 15) is 9.59 Å². The molecule has 0 saturated carbocycles. The van der Waals surface area contributed by atoms with Gasteiger partial charge >= 0.3 is 12.0 Å². The summed E-state index contributed by atoms with van der Waals surface area (Å²) < 4.78 is 5.25. The Balaban J connectivity index is 2.16. The first-order chi connectivity index (χ1) is 11.6. The molecule has 2 N–H and O–H groups in total. The third kappa shape index (κ3) is 3.01. The molecular formula is C18H20N2O3S. The average molecular weight is 344 g/mol. The number of hydrogen-bond donors (Lipinski definition) is 1. The fourth-order valence-electron chi connectivity index (χ4n) is 3.04. The lowest BCUT2D eigenvalue weighted by Crippen LogP contribution is -2.32. The molecule has 3 rings (SSSR count). The SMILES string of the molecule is CCOC(=O)c1c(N(C(N)=O)c2ccccc2)sc2c1CCCC2. The van der Waals surface area contributed by atoms with E-state index in [1.807, 2.05) is 18.2 Å². The zero-order valence-electron chi connectivity index (χ0n) is 13.6. The Morgan fingerprint density at radius 3 is 2.58 bits per heavy atom. The zero-order valence-corrected chi connectivity index (χ0v) is 14.4. The Morgan fingerprint density at radius 2 is 1.92 bits per heavy atom. The van der Waals surface area contributed by atoms with Gasteiger partial charge in [0.15, 0.2) is 0 Å². The average Bonchev–Trinajstić information content (AvgIpc) is 2.94. The number of anilines is 2. The molecule has 1 aliphatic carbocycles. The van der Waals surface area contributed by atoms with Crippen LogP contribution in [0.4, 0.5) is 15.5 Å². The van der Waals surface area contributed by atoms with E-state index in [0.29, 0.717) is 22.9 Å². The van der Waals surface area contributed by atoms with Gasteiger partial charge in [0.1, 0.15) is 5.00 Å². The van der Waals surface area contributed by atoms with Crippen LogP contribution >= 0.6 is 11.3 Å². The largest absolute Gasteiger partial charge is 0.462 e. The van der Waals surface area contributed by atoms with E-state index in [-0.39, 0.29) is 5.97 Å². The highest BCUT2D eigenvalue weighted by molar-refractivity contribution is 7.17. The lowest BCUT2D eigenvalue weighted by atomic mass is 9.95. The number of amides is 2. The molecule has 0 spiro atoms. The van der Waals surface area contributed by atoms with Gasteiger partial charge in [-0.25, -0.2) is 9.59 Å². The van der Waals surface area contributed by atoms with Crippen molar-refractivity contribution in [1.82, 2.24) is 0 Å². The maximum atomic E-state index is 12.6. The van der Waals surface area contributed by atoms with Crippen LogP contribution in [0.1, 0.15) is 40.6 Å². The predicted octanol–water partition coefficient (Wildman–Crippen LogP) is 4.02. The van der Waals surface area contributed by atoms with Crippen LogP contribution in [0.5, 0.6) is 0 Å². The normalized spacial score (nSPS) is 13.2. The van der Waals surface area contributed by atoms with Gasteiger partial charge in [0.05, 0.1) is 17.9 Å². The molecule has 0 saturated heterocycles. The molecule has 0 unspecified atom stereocenters. The minimum absolute atomic E-state index is 0.296. The van der Waals surface area contributed by atoms with Crippen LogP contribution in [-0.4, -0.2) is 18.6 Å². The van der Waals surface area contributed by atoms with E-state index in [2.05, 4.69) is 0 Å². The second-order valence-electron chi connectivity index (χ2n) is 5.62. The van der Waals surface area contributed by atoms with Gasteiger partial charge in [-0.05, 0) is 50.3 Å². The number of nitrogens with two attached hydrogens (primary N) is 1. The second kappa shape index (κ2) is 7.05. The smallest absolute Gasteiger partial charge is 0.341 e. The standard InChI is InChI=1S/C18H20N2O3S/c1-2-23-17(21)15-13-10-6-7-11-14(13)24-16(15)20(18(19)22)12-8-4-3-5-9-12/h3-5,8-9H,2,6-7,10-11H2,1H3,(H2,19,22). The van der Waals surface area contributed by atoms with Crippen LogP contribution in [-0.2, 0) is 17.6 Å². The van der Waals surface area contributed by atoms with Crippen molar-refractivity contribution in [3.8, 4) is 0 Å². The molecular weight excluding hydrogens is 324 g/mol. The lowest BCUT2D eigenvalue weighted by Gasteiger charge is -2.20. The number of para-hydroxylation sites is 1. The van der Waals surface area contributed by atoms with E-state index < -0.39 is 6.03 Å². The first-order valence-electron chi connectivity index (χ1n) is 8.09. The van der Waals surface area contributed by atoms with Gasteiger partial charge in [0, 0.05) is 4.88 Å². The minimum Gasteiger partial charge on any atom is -0.462 e. The molecule has 2 aromatic rings. The fourth-order valence-corrected chi connectivity index (χ4v) is 4.45. The molecule has 0 bridgehead atoms. The van der Waals surface area contributed by atoms with Gasteiger partial charge in [0.2, 0.25) is 0 Å². The monoisotopic (exact) mass is 344 g/mol. The van der Waals surface area contributed by atoms with E-state index >= 15 is 0 Å². The van der Waals surface area contributed by atoms with E-state index in [1.54, 1.807) is 19.1 Å². The van der Waals surface area contributed by atoms with Crippen LogP contribution in [0.3, 0.4) is 0 Å². The maximum absolute atomic E-state index is 12.6. The van der Waals surface area contributed by atoms with Crippen molar-refractivity contribution in [2.75, 3.05) is 11.5 Å². The number of nitrogens with zero attached hydrogens (tertiary/aromatic N) is 1. The van der Waals surface area contributed by atoms with E-state index in [4.69, 9.17) is 10.5 Å². The first-order valence-corrected chi connectivity index (χ1v) is 8.91. The first kappa shape index (κ1) is 16.5. The molecule has 1 heterocycles. The third-order valence-electron chi connectivity index (χ3n) is 4.07. The number of carbonyl (C=O) groups excluding carboxylic acids is 2. The Hall–Kier alpha value is -2.34. The highest BCUT2D eigenvalue weighted by Crippen LogP contribution is 2.43. The van der Waals surface area contributed by atoms with Gasteiger partial charge in [-0.1, -0.05) is 18.2 Å². The Labute approximate surface area is 145 Å². The number of benzene rings is 1. The molecule has 1 aromatic heterocycles. The Morgan fingerprint density at radius 1 is 1.21 bits per heavy atom. The number of ether oxygens (including phenoxy) is 1. The molecule has 2 amide bonds. The molecule has 0 fully saturated rings. The van der Waals surface area contributed by atoms with E-state index in [0.717, 1.165) is 36.1 Å².